The molecule has 0 atom stereocenters. The molecule has 0 aliphatic carbocycles. The average molecular weight is 383 g/mol. The third-order valence-electron chi connectivity index (χ3n) is 2.05. The van der Waals surface area contributed by atoms with Gasteiger partial charge in [-0.3, -0.25) is 4.72 Å². The first-order valence-corrected chi connectivity index (χ1v) is 8.68. The van der Waals surface area contributed by atoms with E-state index in [1.54, 1.807) is 6.92 Å². The Morgan fingerprint density at radius 1 is 1.47 bits per heavy atom. The van der Waals surface area contributed by atoms with E-state index in [0.717, 1.165) is 11.3 Å². The molecule has 10 heteroatoms. The highest BCUT2D eigenvalue weighted by Gasteiger charge is 2.22. The predicted octanol–water partition coefficient (Wildman–Crippen LogP) is 2.77. The molecule has 102 valence electrons. The van der Waals surface area contributed by atoms with Gasteiger partial charge in [-0.1, -0.05) is 11.3 Å². The van der Waals surface area contributed by atoms with Gasteiger partial charge >= 0.3 is 5.97 Å². The van der Waals surface area contributed by atoms with Crippen LogP contribution >= 0.6 is 38.6 Å². The molecule has 2 rings (SSSR count). The molecule has 0 aliphatic heterocycles. The van der Waals surface area contributed by atoms with Crippen LogP contribution in [0.25, 0.3) is 0 Å². The number of nitrogens with zero attached hydrogens (tertiary/aromatic N) is 1. The van der Waals surface area contributed by atoms with Crippen LogP contribution in [0.15, 0.2) is 20.3 Å². The molecule has 19 heavy (non-hydrogen) atoms. The van der Waals surface area contributed by atoms with Crippen LogP contribution < -0.4 is 4.72 Å². The third kappa shape index (κ3) is 3.14. The summed E-state index contributed by atoms with van der Waals surface area (Å²) in [6.45, 7) is 1.55. The number of sulfonamides is 1. The van der Waals surface area contributed by atoms with Crippen molar-refractivity contribution in [2.45, 2.75) is 11.1 Å². The molecule has 0 aliphatic rings. The zero-order chi connectivity index (χ0) is 14.2. The fourth-order valence-electron chi connectivity index (χ4n) is 1.26. The van der Waals surface area contributed by atoms with E-state index in [9.17, 15) is 13.2 Å². The summed E-state index contributed by atoms with van der Waals surface area (Å²) in [5, 5.41) is 9.13. The molecule has 2 aromatic heterocycles. The summed E-state index contributed by atoms with van der Waals surface area (Å²) in [6, 6.07) is 1.33. The maximum atomic E-state index is 12.1. The lowest BCUT2D eigenvalue weighted by Gasteiger charge is -2.01. The topological polar surface area (TPSA) is 96.4 Å². The van der Waals surface area contributed by atoms with Crippen LogP contribution in [0.3, 0.4) is 0 Å². The number of rotatable bonds is 4. The number of hydrogen-bond donors (Lipinski definition) is 2. The predicted molar refractivity (Wildman–Crippen MR) is 76.6 cm³/mol. The van der Waals surface area contributed by atoms with E-state index in [0.29, 0.717) is 20.7 Å². The summed E-state index contributed by atoms with van der Waals surface area (Å²) < 4.78 is 27.1. The standard InChI is InChI=1S/C9H7BrN2O4S3/c1-4-2-6(18-7(4)8(13)14)19(15,16)12-9-11-3-5(10)17-9/h2-3H,1H3,(H,11,12)(H,13,14). The van der Waals surface area contributed by atoms with Gasteiger partial charge in [0.05, 0.1) is 9.98 Å². The van der Waals surface area contributed by atoms with Gasteiger partial charge in [-0.15, -0.1) is 11.3 Å². The minimum atomic E-state index is -3.80. The molecule has 0 amide bonds. The maximum absolute atomic E-state index is 12.1. The summed E-state index contributed by atoms with van der Waals surface area (Å²) >= 11 is 5.02. The maximum Gasteiger partial charge on any atom is 0.346 e. The first kappa shape index (κ1) is 14.4. The van der Waals surface area contributed by atoms with Crippen LogP contribution in [0.1, 0.15) is 15.2 Å². The zero-order valence-corrected chi connectivity index (χ0v) is 13.4. The van der Waals surface area contributed by atoms with E-state index in [2.05, 4.69) is 25.6 Å². The number of carboxylic acid groups (broad SMARTS) is 1. The van der Waals surface area contributed by atoms with Crippen LogP contribution in [-0.4, -0.2) is 24.5 Å². The van der Waals surface area contributed by atoms with Crippen molar-refractivity contribution < 1.29 is 18.3 Å². The largest absolute Gasteiger partial charge is 0.477 e. The number of nitrogens with one attached hydrogen (secondary N) is 1. The lowest BCUT2D eigenvalue weighted by atomic mass is 10.3. The number of aryl methyl sites for hydroxylation is 1. The molecule has 0 saturated carbocycles. The van der Waals surface area contributed by atoms with Crippen LogP contribution in [0.4, 0.5) is 5.13 Å². The zero-order valence-electron chi connectivity index (χ0n) is 9.38. The number of halogens is 1. The highest BCUT2D eigenvalue weighted by Crippen LogP contribution is 2.30. The highest BCUT2D eigenvalue weighted by molar-refractivity contribution is 9.11. The summed E-state index contributed by atoms with van der Waals surface area (Å²) in [5.41, 5.74) is 0.415. The third-order valence-corrected chi connectivity index (χ3v) is 6.61. The number of anilines is 1. The number of carboxylic acids is 1. The Bertz CT molecular complexity index is 734. The Morgan fingerprint density at radius 2 is 2.16 bits per heavy atom. The first-order valence-electron chi connectivity index (χ1n) is 4.77. The summed E-state index contributed by atoms with van der Waals surface area (Å²) in [7, 11) is -3.80. The van der Waals surface area contributed by atoms with Gasteiger partial charge in [0.1, 0.15) is 9.09 Å². The van der Waals surface area contributed by atoms with Crippen molar-refractivity contribution in [2.24, 2.45) is 0 Å². The summed E-state index contributed by atoms with van der Waals surface area (Å²) in [4.78, 5) is 14.8. The number of aromatic carboxylic acids is 1. The van der Waals surface area contributed by atoms with Crippen molar-refractivity contribution >= 4 is 59.7 Å². The Labute approximate surface area is 125 Å². The Morgan fingerprint density at radius 3 is 2.63 bits per heavy atom. The Kier molecular flexibility index (Phi) is 3.95. The van der Waals surface area contributed by atoms with Gasteiger partial charge in [0.2, 0.25) is 0 Å². The molecular formula is C9H7BrN2O4S3. The van der Waals surface area contributed by atoms with Crippen molar-refractivity contribution in [3.63, 3.8) is 0 Å². The molecule has 0 spiro atoms. The molecule has 0 aromatic carbocycles. The summed E-state index contributed by atoms with van der Waals surface area (Å²) in [6.07, 6.45) is 1.48. The molecule has 0 unspecified atom stereocenters. The Balaban J connectivity index is 2.34. The van der Waals surface area contributed by atoms with Gasteiger partial charge in [0.25, 0.3) is 10.0 Å². The lowest BCUT2D eigenvalue weighted by molar-refractivity contribution is 0.0701. The molecule has 0 fully saturated rings. The number of aromatic nitrogens is 1. The van der Waals surface area contributed by atoms with Crippen LogP contribution in [-0.2, 0) is 10.0 Å². The van der Waals surface area contributed by atoms with E-state index in [4.69, 9.17) is 5.11 Å². The van der Waals surface area contributed by atoms with Crippen molar-refractivity contribution in [1.29, 1.82) is 0 Å². The van der Waals surface area contributed by atoms with E-state index in [-0.39, 0.29) is 14.2 Å². The van der Waals surface area contributed by atoms with E-state index in [1.165, 1.54) is 12.3 Å². The second kappa shape index (κ2) is 5.19. The number of thiazole rings is 1. The van der Waals surface area contributed by atoms with Gasteiger partial charge in [0, 0.05) is 0 Å². The molecule has 6 nitrogen and oxygen atoms in total. The fourth-order valence-corrected chi connectivity index (χ4v) is 4.99. The number of thiophene rings is 1. The minimum Gasteiger partial charge on any atom is -0.477 e. The molecule has 2 N–H and O–H groups in total. The highest BCUT2D eigenvalue weighted by atomic mass is 79.9. The fraction of sp³-hybridized carbons (Fsp3) is 0.111. The van der Waals surface area contributed by atoms with E-state index < -0.39 is 16.0 Å². The van der Waals surface area contributed by atoms with Crippen molar-refractivity contribution in [3.05, 3.63) is 26.5 Å². The lowest BCUT2D eigenvalue weighted by Crippen LogP contribution is -2.11. The van der Waals surface area contributed by atoms with E-state index >= 15 is 0 Å². The SMILES string of the molecule is Cc1cc(S(=O)(=O)Nc2ncc(Br)s2)sc1C(=O)O. The second-order valence-corrected chi connectivity index (χ2v) is 8.83. The van der Waals surface area contributed by atoms with Crippen molar-refractivity contribution in [1.82, 2.24) is 4.98 Å². The normalized spacial score (nSPS) is 11.5. The minimum absolute atomic E-state index is 0.0145. The molecule has 2 heterocycles. The van der Waals surface area contributed by atoms with Crippen molar-refractivity contribution in [2.75, 3.05) is 4.72 Å². The van der Waals surface area contributed by atoms with Crippen molar-refractivity contribution in [3.8, 4) is 0 Å². The number of carbonyl (C=O) groups is 1. The smallest absolute Gasteiger partial charge is 0.346 e. The number of hydrogen-bond acceptors (Lipinski definition) is 6. The van der Waals surface area contributed by atoms with Crippen LogP contribution in [0, 0.1) is 6.92 Å². The van der Waals surface area contributed by atoms with Crippen LogP contribution in [0.2, 0.25) is 0 Å². The summed E-state index contributed by atoms with van der Waals surface area (Å²) in [5.74, 6) is -1.14. The molecule has 0 saturated heterocycles. The second-order valence-electron chi connectivity index (χ2n) is 3.46. The van der Waals surface area contributed by atoms with Gasteiger partial charge in [0.15, 0.2) is 5.13 Å². The monoisotopic (exact) mass is 382 g/mol. The molecule has 2 aromatic rings. The van der Waals surface area contributed by atoms with E-state index in [1.807, 2.05) is 0 Å². The van der Waals surface area contributed by atoms with Gasteiger partial charge in [-0.2, -0.15) is 0 Å². The molecule has 0 bridgehead atoms. The first-order chi connectivity index (χ1) is 8.79. The Hall–Kier alpha value is -0.970. The molecule has 0 radical (unpaired) electrons. The van der Waals surface area contributed by atoms with Gasteiger partial charge in [-0.05, 0) is 34.5 Å². The van der Waals surface area contributed by atoms with Gasteiger partial charge < -0.3 is 5.11 Å². The van der Waals surface area contributed by atoms with Gasteiger partial charge in [-0.25, -0.2) is 18.2 Å². The quantitative estimate of drug-likeness (QED) is 0.847. The average Bonchev–Trinajstić information content (AvgIpc) is 2.84. The van der Waals surface area contributed by atoms with Crippen LogP contribution in [0.5, 0.6) is 0 Å². The molecular weight excluding hydrogens is 376 g/mol.